The smallest absolute Gasteiger partial charge is 0.388 e. The molecule has 0 bridgehead atoms. The summed E-state index contributed by atoms with van der Waals surface area (Å²) in [5, 5.41) is 3.87. The highest BCUT2D eigenvalue weighted by molar-refractivity contribution is 5.27. The van der Waals surface area contributed by atoms with Crippen molar-refractivity contribution in [1.29, 1.82) is 0 Å². The molecule has 84 valence electrons. The molecular formula is C10H9F2N3O. The third kappa shape index (κ3) is 2.16. The second-order valence-electron chi connectivity index (χ2n) is 3.10. The van der Waals surface area contributed by atoms with E-state index in [9.17, 15) is 8.78 Å². The lowest BCUT2D eigenvalue weighted by Crippen LogP contribution is -2.04. The van der Waals surface area contributed by atoms with Crippen molar-refractivity contribution < 1.29 is 13.5 Å². The maximum Gasteiger partial charge on any atom is 0.388 e. The minimum Gasteiger partial charge on any atom is -0.415 e. The van der Waals surface area contributed by atoms with Crippen LogP contribution in [0.2, 0.25) is 0 Å². The lowest BCUT2D eigenvalue weighted by atomic mass is 10.4. The van der Waals surface area contributed by atoms with Gasteiger partial charge in [-0.3, -0.25) is 0 Å². The summed E-state index contributed by atoms with van der Waals surface area (Å²) < 4.78 is 29.6. The van der Waals surface area contributed by atoms with Crippen molar-refractivity contribution in [2.75, 3.05) is 0 Å². The number of hydrogen-bond acceptors (Lipinski definition) is 3. The summed E-state index contributed by atoms with van der Waals surface area (Å²) in [6.07, 6.45) is 1.60. The molecule has 2 rings (SSSR count). The van der Waals surface area contributed by atoms with E-state index in [2.05, 4.69) is 14.8 Å². The first kappa shape index (κ1) is 10.5. The average Bonchev–Trinajstić information content (AvgIpc) is 2.60. The predicted molar refractivity (Wildman–Crippen MR) is 52.7 cm³/mol. The maximum atomic E-state index is 12.0. The van der Waals surface area contributed by atoms with Gasteiger partial charge in [-0.2, -0.15) is 8.78 Å². The number of rotatable bonds is 3. The third-order valence-electron chi connectivity index (χ3n) is 1.94. The Bertz CT molecular complexity index is 470. The molecule has 2 aromatic rings. The van der Waals surface area contributed by atoms with Crippen LogP contribution in [0.1, 0.15) is 5.69 Å². The van der Waals surface area contributed by atoms with Gasteiger partial charge in [-0.1, -0.05) is 6.07 Å². The van der Waals surface area contributed by atoms with E-state index in [0.717, 1.165) is 0 Å². The Hall–Kier alpha value is -1.98. The summed E-state index contributed by atoms with van der Waals surface area (Å²) >= 11 is 0. The van der Waals surface area contributed by atoms with Crippen molar-refractivity contribution in [3.8, 4) is 11.7 Å². The zero-order chi connectivity index (χ0) is 11.5. The number of aryl methyl sites for hydroxylation is 1. The fourth-order valence-electron chi connectivity index (χ4n) is 1.31. The number of hydrogen-bond donors (Lipinski definition) is 0. The van der Waals surface area contributed by atoms with Crippen LogP contribution in [-0.4, -0.2) is 21.4 Å². The summed E-state index contributed by atoms with van der Waals surface area (Å²) in [5.41, 5.74) is 0.675. The van der Waals surface area contributed by atoms with Gasteiger partial charge in [0.1, 0.15) is 0 Å². The molecule has 0 saturated heterocycles. The van der Waals surface area contributed by atoms with E-state index in [-0.39, 0.29) is 5.88 Å². The molecule has 0 fully saturated rings. The van der Waals surface area contributed by atoms with Gasteiger partial charge in [-0.25, -0.2) is 9.67 Å². The summed E-state index contributed by atoms with van der Waals surface area (Å²) in [6.45, 7) is -1.13. The van der Waals surface area contributed by atoms with Gasteiger partial charge in [0.05, 0.1) is 0 Å². The van der Waals surface area contributed by atoms with E-state index in [4.69, 9.17) is 0 Å². The van der Waals surface area contributed by atoms with Crippen molar-refractivity contribution in [2.24, 2.45) is 0 Å². The summed E-state index contributed by atoms with van der Waals surface area (Å²) in [5.74, 6) is 0.447. The lowest BCUT2D eigenvalue weighted by molar-refractivity contribution is -0.0530. The zero-order valence-electron chi connectivity index (χ0n) is 8.47. The van der Waals surface area contributed by atoms with Gasteiger partial charge >= 0.3 is 6.61 Å². The fourth-order valence-corrected chi connectivity index (χ4v) is 1.31. The van der Waals surface area contributed by atoms with E-state index in [1.165, 1.54) is 10.7 Å². The number of ether oxygens (including phenoxy) is 1. The van der Waals surface area contributed by atoms with Gasteiger partial charge in [0.15, 0.2) is 5.82 Å². The van der Waals surface area contributed by atoms with Crippen molar-refractivity contribution in [3.05, 3.63) is 36.2 Å². The highest BCUT2D eigenvalue weighted by atomic mass is 19.3. The van der Waals surface area contributed by atoms with Crippen LogP contribution in [0.15, 0.2) is 30.5 Å². The van der Waals surface area contributed by atoms with Gasteiger partial charge in [0, 0.05) is 18.0 Å². The molecule has 2 aromatic heterocycles. The number of nitrogens with zero attached hydrogens (tertiary/aromatic N) is 3. The van der Waals surface area contributed by atoms with Crippen LogP contribution in [0.4, 0.5) is 8.78 Å². The molecule has 0 spiro atoms. The Morgan fingerprint density at radius 3 is 2.81 bits per heavy atom. The van der Waals surface area contributed by atoms with E-state index in [1.807, 2.05) is 0 Å². The monoisotopic (exact) mass is 225 g/mol. The Labute approximate surface area is 90.5 Å². The van der Waals surface area contributed by atoms with Gasteiger partial charge in [0.2, 0.25) is 5.88 Å². The first-order valence-corrected chi connectivity index (χ1v) is 4.59. The number of pyridine rings is 1. The summed E-state index contributed by atoms with van der Waals surface area (Å²) in [7, 11) is 0. The van der Waals surface area contributed by atoms with Crippen LogP contribution in [-0.2, 0) is 0 Å². The number of aromatic nitrogens is 3. The summed E-state index contributed by atoms with van der Waals surface area (Å²) in [4.78, 5) is 4.06. The van der Waals surface area contributed by atoms with Crippen molar-refractivity contribution in [1.82, 2.24) is 14.8 Å². The number of alkyl halides is 2. The molecule has 0 aliphatic heterocycles. The SMILES string of the molecule is Cc1cc(OC(F)F)nn1-c1ccccn1. The summed E-state index contributed by atoms with van der Waals surface area (Å²) in [6, 6.07) is 6.71. The quantitative estimate of drug-likeness (QED) is 0.803. The number of halogens is 2. The Kier molecular flexibility index (Phi) is 2.80. The van der Waals surface area contributed by atoms with Crippen molar-refractivity contribution in [3.63, 3.8) is 0 Å². The van der Waals surface area contributed by atoms with Crippen LogP contribution in [0, 0.1) is 6.92 Å². The van der Waals surface area contributed by atoms with Gasteiger partial charge in [-0.15, -0.1) is 5.10 Å². The van der Waals surface area contributed by atoms with Crippen LogP contribution in [0.25, 0.3) is 5.82 Å². The van der Waals surface area contributed by atoms with Gasteiger partial charge in [-0.05, 0) is 19.1 Å². The minimum absolute atomic E-state index is 0.113. The van der Waals surface area contributed by atoms with Crippen molar-refractivity contribution in [2.45, 2.75) is 13.5 Å². The van der Waals surface area contributed by atoms with E-state index < -0.39 is 6.61 Å². The molecule has 0 amide bonds. The average molecular weight is 225 g/mol. The molecule has 0 aliphatic rings. The molecule has 0 atom stereocenters. The normalized spacial score (nSPS) is 10.8. The highest BCUT2D eigenvalue weighted by Crippen LogP contribution is 2.16. The van der Waals surface area contributed by atoms with Crippen LogP contribution in [0.3, 0.4) is 0 Å². The molecule has 0 aliphatic carbocycles. The molecule has 0 aromatic carbocycles. The van der Waals surface area contributed by atoms with Crippen molar-refractivity contribution >= 4 is 0 Å². The molecule has 6 heteroatoms. The molecule has 2 heterocycles. The lowest BCUT2D eigenvalue weighted by Gasteiger charge is -2.01. The fraction of sp³-hybridized carbons (Fsp3) is 0.200. The predicted octanol–water partition coefficient (Wildman–Crippen LogP) is 2.18. The largest absolute Gasteiger partial charge is 0.415 e. The van der Waals surface area contributed by atoms with E-state index in [1.54, 1.807) is 31.3 Å². The second-order valence-corrected chi connectivity index (χ2v) is 3.10. The molecule has 0 radical (unpaired) electrons. The first-order valence-electron chi connectivity index (χ1n) is 4.59. The molecular weight excluding hydrogens is 216 g/mol. The second kappa shape index (κ2) is 4.26. The minimum atomic E-state index is -2.87. The Balaban J connectivity index is 2.32. The van der Waals surface area contributed by atoms with Crippen LogP contribution >= 0.6 is 0 Å². The standard InChI is InChI=1S/C10H9F2N3O/c1-7-6-9(16-10(11)12)14-15(7)8-4-2-3-5-13-8/h2-6,10H,1H3. The molecule has 4 nitrogen and oxygen atoms in total. The molecule has 0 N–H and O–H groups in total. The molecule has 0 saturated carbocycles. The van der Waals surface area contributed by atoms with E-state index in [0.29, 0.717) is 11.5 Å². The van der Waals surface area contributed by atoms with E-state index >= 15 is 0 Å². The zero-order valence-corrected chi connectivity index (χ0v) is 8.47. The first-order chi connectivity index (χ1) is 7.66. The van der Waals surface area contributed by atoms with Crippen LogP contribution < -0.4 is 4.74 Å². The van der Waals surface area contributed by atoms with Crippen LogP contribution in [0.5, 0.6) is 5.88 Å². The Morgan fingerprint density at radius 2 is 2.19 bits per heavy atom. The Morgan fingerprint density at radius 1 is 1.38 bits per heavy atom. The van der Waals surface area contributed by atoms with Gasteiger partial charge < -0.3 is 4.74 Å². The molecule has 16 heavy (non-hydrogen) atoms. The molecule has 0 unspecified atom stereocenters. The third-order valence-corrected chi connectivity index (χ3v) is 1.94. The maximum absolute atomic E-state index is 12.0. The topological polar surface area (TPSA) is 39.9 Å². The van der Waals surface area contributed by atoms with Gasteiger partial charge in [0.25, 0.3) is 0 Å². The highest BCUT2D eigenvalue weighted by Gasteiger charge is 2.11.